The van der Waals surface area contributed by atoms with E-state index in [-0.39, 0.29) is 11.7 Å². The maximum atomic E-state index is 11.5. The Hall–Kier alpha value is -0.630. The molecule has 1 aliphatic rings. The zero-order valence-corrected chi connectivity index (χ0v) is 7.71. The van der Waals surface area contributed by atoms with E-state index in [1.165, 1.54) is 0 Å². The van der Waals surface area contributed by atoms with E-state index in [4.69, 9.17) is 0 Å². The molecule has 0 radical (unpaired) electrons. The number of hydrogen-bond donors (Lipinski definition) is 1. The largest absolute Gasteiger partial charge is 0.383 e. The van der Waals surface area contributed by atoms with E-state index < -0.39 is 5.60 Å². The number of rotatable bonds is 2. The van der Waals surface area contributed by atoms with Gasteiger partial charge in [0.25, 0.3) is 0 Å². The number of aliphatic hydroxyl groups is 1. The lowest BCUT2D eigenvalue weighted by atomic mass is 9.84. The third kappa shape index (κ3) is 2.18. The van der Waals surface area contributed by atoms with Gasteiger partial charge in [0.15, 0.2) is 5.78 Å². The molecular weight excluding hydrogens is 152 g/mol. The zero-order chi connectivity index (χ0) is 9.19. The molecule has 2 nitrogen and oxygen atoms in total. The minimum Gasteiger partial charge on any atom is -0.383 e. The highest BCUT2D eigenvalue weighted by Crippen LogP contribution is 2.23. The molecule has 0 spiro atoms. The van der Waals surface area contributed by atoms with Gasteiger partial charge in [0.2, 0.25) is 0 Å². The summed E-state index contributed by atoms with van der Waals surface area (Å²) in [6.45, 7) is 3.13. The number of carbonyl (C=O) groups excluding carboxylic acids is 1. The van der Waals surface area contributed by atoms with E-state index in [2.05, 4.69) is 6.08 Å². The summed E-state index contributed by atoms with van der Waals surface area (Å²) < 4.78 is 0. The summed E-state index contributed by atoms with van der Waals surface area (Å²) >= 11 is 0. The lowest BCUT2D eigenvalue weighted by molar-refractivity contribution is -0.138. The van der Waals surface area contributed by atoms with Crippen molar-refractivity contribution in [3.63, 3.8) is 0 Å². The van der Waals surface area contributed by atoms with Crippen LogP contribution in [0.15, 0.2) is 12.2 Å². The quantitative estimate of drug-likeness (QED) is 0.637. The number of carbonyl (C=O) groups is 1. The van der Waals surface area contributed by atoms with Gasteiger partial charge in [-0.15, -0.1) is 0 Å². The van der Waals surface area contributed by atoms with Crippen molar-refractivity contribution in [1.29, 1.82) is 0 Å². The normalized spacial score (nSPS) is 24.1. The van der Waals surface area contributed by atoms with Crippen molar-refractivity contribution in [2.45, 2.75) is 38.7 Å². The van der Waals surface area contributed by atoms with E-state index in [1.54, 1.807) is 13.8 Å². The fourth-order valence-corrected chi connectivity index (χ4v) is 1.53. The van der Waals surface area contributed by atoms with Crippen LogP contribution in [0, 0.1) is 5.92 Å². The summed E-state index contributed by atoms with van der Waals surface area (Å²) in [7, 11) is 0. The first-order valence-electron chi connectivity index (χ1n) is 4.43. The van der Waals surface area contributed by atoms with Gasteiger partial charge in [-0.3, -0.25) is 4.79 Å². The minimum absolute atomic E-state index is 0.0214. The SMILES string of the molecule is CC(C)(O)C(=O)C1CC=CCC1. The Balaban J connectivity index is 2.59. The molecular formula is C10H16O2. The average molecular weight is 168 g/mol. The van der Waals surface area contributed by atoms with Crippen LogP contribution in [-0.2, 0) is 4.79 Å². The third-order valence-electron chi connectivity index (χ3n) is 2.24. The Morgan fingerprint density at radius 1 is 1.50 bits per heavy atom. The van der Waals surface area contributed by atoms with Gasteiger partial charge in [-0.05, 0) is 33.1 Å². The molecule has 1 aliphatic carbocycles. The maximum absolute atomic E-state index is 11.5. The van der Waals surface area contributed by atoms with Gasteiger partial charge in [-0.2, -0.15) is 0 Å². The smallest absolute Gasteiger partial charge is 0.167 e. The Bertz CT molecular complexity index is 198. The summed E-state index contributed by atoms with van der Waals surface area (Å²) in [6.07, 6.45) is 6.76. The van der Waals surface area contributed by atoms with Crippen molar-refractivity contribution in [3.05, 3.63) is 12.2 Å². The summed E-state index contributed by atoms with van der Waals surface area (Å²) in [4.78, 5) is 11.5. The minimum atomic E-state index is -1.16. The topological polar surface area (TPSA) is 37.3 Å². The number of ketones is 1. The van der Waals surface area contributed by atoms with E-state index >= 15 is 0 Å². The van der Waals surface area contributed by atoms with Crippen LogP contribution in [0.25, 0.3) is 0 Å². The molecule has 0 amide bonds. The zero-order valence-electron chi connectivity index (χ0n) is 7.71. The van der Waals surface area contributed by atoms with Crippen LogP contribution < -0.4 is 0 Å². The van der Waals surface area contributed by atoms with Gasteiger partial charge in [0.05, 0.1) is 0 Å². The second-order valence-corrected chi connectivity index (χ2v) is 3.90. The maximum Gasteiger partial charge on any atom is 0.167 e. The second-order valence-electron chi connectivity index (χ2n) is 3.90. The molecule has 0 fully saturated rings. The molecule has 2 heteroatoms. The van der Waals surface area contributed by atoms with Crippen molar-refractivity contribution in [2.75, 3.05) is 0 Å². The molecule has 68 valence electrons. The lowest BCUT2D eigenvalue weighted by Gasteiger charge is -2.24. The van der Waals surface area contributed by atoms with Gasteiger partial charge >= 0.3 is 0 Å². The van der Waals surface area contributed by atoms with Crippen LogP contribution in [0.1, 0.15) is 33.1 Å². The van der Waals surface area contributed by atoms with Crippen molar-refractivity contribution in [2.24, 2.45) is 5.92 Å². The molecule has 0 aromatic carbocycles. The number of hydrogen-bond acceptors (Lipinski definition) is 2. The first-order chi connectivity index (χ1) is 5.52. The molecule has 0 bridgehead atoms. The van der Waals surface area contributed by atoms with Gasteiger partial charge in [0, 0.05) is 5.92 Å². The predicted octanol–water partition coefficient (Wildman–Crippen LogP) is 1.68. The summed E-state index contributed by atoms with van der Waals surface area (Å²) in [5.41, 5.74) is -1.16. The van der Waals surface area contributed by atoms with Gasteiger partial charge < -0.3 is 5.11 Å². The molecule has 0 saturated carbocycles. The van der Waals surface area contributed by atoms with Crippen LogP contribution in [0.4, 0.5) is 0 Å². The van der Waals surface area contributed by atoms with E-state index in [1.807, 2.05) is 6.08 Å². The summed E-state index contributed by atoms with van der Waals surface area (Å²) in [5, 5.41) is 9.46. The molecule has 0 saturated heterocycles. The molecule has 0 aromatic heterocycles. The molecule has 0 aliphatic heterocycles. The Kier molecular flexibility index (Phi) is 2.68. The number of Topliss-reactive ketones (excluding diaryl/α,β-unsaturated/α-hetero) is 1. The molecule has 1 atom stereocenters. The van der Waals surface area contributed by atoms with Crippen LogP contribution >= 0.6 is 0 Å². The monoisotopic (exact) mass is 168 g/mol. The van der Waals surface area contributed by atoms with E-state index in [0.717, 1.165) is 19.3 Å². The van der Waals surface area contributed by atoms with Gasteiger partial charge in [0.1, 0.15) is 5.60 Å². The van der Waals surface area contributed by atoms with Crippen molar-refractivity contribution in [1.82, 2.24) is 0 Å². The molecule has 12 heavy (non-hydrogen) atoms. The fourth-order valence-electron chi connectivity index (χ4n) is 1.53. The lowest BCUT2D eigenvalue weighted by Crippen LogP contribution is -2.37. The van der Waals surface area contributed by atoms with Crippen molar-refractivity contribution < 1.29 is 9.90 Å². The number of allylic oxidation sites excluding steroid dienone is 2. The highest BCUT2D eigenvalue weighted by atomic mass is 16.3. The van der Waals surface area contributed by atoms with Gasteiger partial charge in [-0.25, -0.2) is 0 Å². The fraction of sp³-hybridized carbons (Fsp3) is 0.700. The molecule has 0 aromatic rings. The van der Waals surface area contributed by atoms with Gasteiger partial charge in [-0.1, -0.05) is 12.2 Å². The highest BCUT2D eigenvalue weighted by Gasteiger charge is 2.30. The van der Waals surface area contributed by atoms with Crippen LogP contribution in [-0.4, -0.2) is 16.5 Å². The Morgan fingerprint density at radius 3 is 2.58 bits per heavy atom. The van der Waals surface area contributed by atoms with Crippen molar-refractivity contribution >= 4 is 5.78 Å². The van der Waals surface area contributed by atoms with Crippen LogP contribution in [0.3, 0.4) is 0 Å². The molecule has 0 heterocycles. The third-order valence-corrected chi connectivity index (χ3v) is 2.24. The predicted molar refractivity (Wildman–Crippen MR) is 47.8 cm³/mol. The summed E-state index contributed by atoms with van der Waals surface area (Å²) in [5.74, 6) is 0.0156. The van der Waals surface area contributed by atoms with E-state index in [9.17, 15) is 9.90 Å². The molecule has 1 rings (SSSR count). The van der Waals surface area contributed by atoms with Crippen molar-refractivity contribution in [3.8, 4) is 0 Å². The first-order valence-corrected chi connectivity index (χ1v) is 4.43. The highest BCUT2D eigenvalue weighted by molar-refractivity contribution is 5.88. The molecule has 1 unspecified atom stereocenters. The Morgan fingerprint density at radius 2 is 2.17 bits per heavy atom. The van der Waals surface area contributed by atoms with E-state index in [0.29, 0.717) is 0 Å². The summed E-state index contributed by atoms with van der Waals surface area (Å²) in [6, 6.07) is 0. The van der Waals surface area contributed by atoms with Crippen LogP contribution in [0.2, 0.25) is 0 Å². The Labute approximate surface area is 73.3 Å². The van der Waals surface area contributed by atoms with Crippen LogP contribution in [0.5, 0.6) is 0 Å². The molecule has 1 N–H and O–H groups in total. The standard InChI is InChI=1S/C10H16O2/c1-10(2,12)9(11)8-6-4-3-5-7-8/h3-4,8,12H,5-7H2,1-2H3. The first kappa shape index (κ1) is 9.46. The average Bonchev–Trinajstić information content (AvgIpc) is 2.03. The second kappa shape index (κ2) is 3.40.